The fraction of sp³-hybridized carbons (Fsp3) is 0.444. The largest absolute Gasteiger partial charge is 0.357 e. The Labute approximate surface area is 166 Å². The first-order valence-corrected chi connectivity index (χ1v) is 10.8. The van der Waals surface area contributed by atoms with Crippen LogP contribution in [0.1, 0.15) is 37.0 Å². The molecule has 9 heteroatoms. The topological polar surface area (TPSA) is 87.2 Å². The Morgan fingerprint density at radius 3 is 2.74 bits per heavy atom. The lowest BCUT2D eigenvalue weighted by Crippen LogP contribution is -2.30. The Balaban J connectivity index is 1.52. The van der Waals surface area contributed by atoms with E-state index >= 15 is 0 Å². The van der Waals surface area contributed by atoms with Crippen molar-refractivity contribution in [1.29, 1.82) is 0 Å². The minimum absolute atomic E-state index is 0.0324. The lowest BCUT2D eigenvalue weighted by Gasteiger charge is -2.19. The van der Waals surface area contributed by atoms with Crippen LogP contribution in [0, 0.1) is 0 Å². The van der Waals surface area contributed by atoms with Crippen molar-refractivity contribution in [3.8, 4) is 0 Å². The van der Waals surface area contributed by atoms with E-state index in [1.807, 2.05) is 13.8 Å². The van der Waals surface area contributed by atoms with Crippen LogP contribution in [-0.2, 0) is 4.79 Å². The number of carbonyl (C=O) groups is 2. The van der Waals surface area contributed by atoms with Gasteiger partial charge in [0, 0.05) is 30.4 Å². The minimum Gasteiger partial charge on any atom is -0.357 e. The van der Waals surface area contributed by atoms with Gasteiger partial charge in [-0.25, -0.2) is 0 Å². The van der Waals surface area contributed by atoms with Crippen LogP contribution < -0.4 is 10.6 Å². The van der Waals surface area contributed by atoms with Gasteiger partial charge in [0.25, 0.3) is 5.91 Å². The molecule has 2 amide bonds. The lowest BCUT2D eigenvalue weighted by molar-refractivity contribution is -0.113. The molecule has 0 aliphatic heterocycles. The lowest BCUT2D eigenvalue weighted by atomic mass is 10.1. The minimum atomic E-state index is -0.139. The molecule has 0 unspecified atom stereocenters. The second-order valence-electron chi connectivity index (χ2n) is 6.19. The van der Waals surface area contributed by atoms with Crippen molar-refractivity contribution in [3.05, 3.63) is 29.8 Å². The van der Waals surface area contributed by atoms with Gasteiger partial charge < -0.3 is 15.5 Å². The van der Waals surface area contributed by atoms with Gasteiger partial charge in [0.1, 0.15) is 0 Å². The maximum absolute atomic E-state index is 12.4. The highest BCUT2D eigenvalue weighted by atomic mass is 32.2. The molecule has 0 atom stereocenters. The van der Waals surface area contributed by atoms with Gasteiger partial charge in [-0.3, -0.25) is 9.59 Å². The molecule has 144 valence electrons. The van der Waals surface area contributed by atoms with Crippen molar-refractivity contribution in [3.63, 3.8) is 0 Å². The molecule has 1 saturated carbocycles. The molecule has 1 aromatic heterocycles. The molecule has 1 heterocycles. The number of nitrogens with one attached hydrogen (secondary N) is 2. The third-order valence-corrected chi connectivity index (χ3v) is 6.07. The monoisotopic (exact) mass is 405 g/mol. The summed E-state index contributed by atoms with van der Waals surface area (Å²) in [5.41, 5.74) is 1.19. The van der Waals surface area contributed by atoms with Crippen LogP contribution in [0.5, 0.6) is 0 Å². The summed E-state index contributed by atoms with van der Waals surface area (Å²) >= 11 is 2.82. The van der Waals surface area contributed by atoms with Crippen molar-refractivity contribution in [1.82, 2.24) is 15.1 Å². The molecule has 1 aromatic carbocycles. The molecule has 3 rings (SSSR count). The fourth-order valence-electron chi connectivity index (χ4n) is 2.48. The maximum atomic E-state index is 12.4. The average Bonchev–Trinajstić information content (AvgIpc) is 3.37. The number of nitrogens with zero attached hydrogens (tertiary/aromatic N) is 3. The van der Waals surface area contributed by atoms with E-state index in [0.29, 0.717) is 30.4 Å². The predicted octanol–water partition coefficient (Wildman–Crippen LogP) is 3.33. The first-order valence-electron chi connectivity index (χ1n) is 9.01. The van der Waals surface area contributed by atoms with E-state index in [0.717, 1.165) is 9.47 Å². The Hall–Kier alpha value is -2.13. The van der Waals surface area contributed by atoms with Crippen LogP contribution in [0.2, 0.25) is 0 Å². The summed E-state index contributed by atoms with van der Waals surface area (Å²) in [6.07, 6.45) is 2.36. The summed E-state index contributed by atoms with van der Waals surface area (Å²) in [4.78, 5) is 26.4. The number of amides is 2. The Kier molecular flexibility index (Phi) is 6.68. The number of anilines is 2. The molecular formula is C18H23N5O2S2. The Bertz CT molecular complexity index is 803. The molecule has 2 aromatic rings. The van der Waals surface area contributed by atoms with Crippen LogP contribution in [0.15, 0.2) is 28.6 Å². The molecule has 1 aliphatic carbocycles. The van der Waals surface area contributed by atoms with E-state index in [-0.39, 0.29) is 17.6 Å². The van der Waals surface area contributed by atoms with Gasteiger partial charge in [0.2, 0.25) is 11.0 Å². The van der Waals surface area contributed by atoms with Crippen molar-refractivity contribution in [2.45, 2.75) is 37.1 Å². The number of thioether (sulfide) groups is 1. The number of hydrogen-bond donors (Lipinski definition) is 2. The van der Waals surface area contributed by atoms with Crippen molar-refractivity contribution >= 4 is 45.7 Å². The van der Waals surface area contributed by atoms with E-state index in [1.165, 1.54) is 35.9 Å². The smallest absolute Gasteiger partial charge is 0.253 e. The zero-order valence-electron chi connectivity index (χ0n) is 15.4. The highest BCUT2D eigenvalue weighted by Crippen LogP contribution is 2.30. The fourth-order valence-corrected chi connectivity index (χ4v) is 4.11. The number of carbonyl (C=O) groups excluding carboxylic acids is 2. The Morgan fingerprint density at radius 2 is 2.04 bits per heavy atom. The third kappa shape index (κ3) is 5.67. The van der Waals surface area contributed by atoms with Crippen molar-refractivity contribution in [2.75, 3.05) is 29.5 Å². The summed E-state index contributed by atoms with van der Waals surface area (Å²) in [5.74, 6) is 0.0705. The van der Waals surface area contributed by atoms with Crippen LogP contribution in [0.4, 0.5) is 10.8 Å². The predicted molar refractivity (Wildman–Crippen MR) is 110 cm³/mol. The number of aromatic nitrogens is 2. The molecule has 0 radical (unpaired) electrons. The van der Waals surface area contributed by atoms with Crippen LogP contribution >= 0.6 is 23.1 Å². The maximum Gasteiger partial charge on any atom is 0.253 e. The van der Waals surface area contributed by atoms with Gasteiger partial charge in [-0.2, -0.15) is 0 Å². The third-order valence-electron chi connectivity index (χ3n) is 4.08. The molecule has 1 fully saturated rings. The van der Waals surface area contributed by atoms with E-state index in [9.17, 15) is 9.59 Å². The summed E-state index contributed by atoms with van der Waals surface area (Å²) in [5, 5.41) is 15.1. The van der Waals surface area contributed by atoms with E-state index in [2.05, 4.69) is 20.8 Å². The summed E-state index contributed by atoms with van der Waals surface area (Å²) in [7, 11) is 0. The molecule has 7 nitrogen and oxygen atoms in total. The van der Waals surface area contributed by atoms with Crippen LogP contribution in [0.25, 0.3) is 0 Å². The molecule has 0 bridgehead atoms. The first kappa shape index (κ1) is 19.6. The van der Waals surface area contributed by atoms with Gasteiger partial charge in [-0.15, -0.1) is 10.2 Å². The number of hydrogen-bond acceptors (Lipinski definition) is 7. The highest BCUT2D eigenvalue weighted by molar-refractivity contribution is 8.01. The van der Waals surface area contributed by atoms with Gasteiger partial charge >= 0.3 is 0 Å². The zero-order chi connectivity index (χ0) is 19.2. The van der Waals surface area contributed by atoms with Crippen LogP contribution in [0.3, 0.4) is 0 Å². The molecule has 0 saturated heterocycles. The van der Waals surface area contributed by atoms with E-state index in [4.69, 9.17) is 0 Å². The Morgan fingerprint density at radius 1 is 1.26 bits per heavy atom. The second-order valence-corrected chi connectivity index (χ2v) is 8.39. The normalized spacial score (nSPS) is 13.3. The quantitative estimate of drug-likeness (QED) is 0.622. The summed E-state index contributed by atoms with van der Waals surface area (Å²) in [6.45, 7) is 5.20. The van der Waals surface area contributed by atoms with Crippen LogP contribution in [-0.4, -0.2) is 51.8 Å². The first-order chi connectivity index (χ1) is 13.1. The summed E-state index contributed by atoms with van der Waals surface area (Å²) < 4.78 is 0.763. The van der Waals surface area contributed by atoms with Gasteiger partial charge in [-0.1, -0.05) is 29.2 Å². The van der Waals surface area contributed by atoms with Gasteiger partial charge in [0.15, 0.2) is 4.34 Å². The zero-order valence-corrected chi connectivity index (χ0v) is 17.0. The highest BCUT2D eigenvalue weighted by Gasteiger charge is 2.22. The molecule has 1 aliphatic rings. The number of benzene rings is 1. The number of rotatable bonds is 9. The molecule has 27 heavy (non-hydrogen) atoms. The van der Waals surface area contributed by atoms with Gasteiger partial charge in [0.05, 0.1) is 5.75 Å². The summed E-state index contributed by atoms with van der Waals surface area (Å²) in [6, 6.07) is 7.57. The molecule has 2 N–H and O–H groups in total. The van der Waals surface area contributed by atoms with Gasteiger partial charge in [-0.05, 0) is 44.9 Å². The SMILES string of the molecule is CCN(CC)C(=O)c1cccc(NC(=O)CSc2nnc(NC3CC3)s2)c1. The van der Waals surface area contributed by atoms with E-state index < -0.39 is 0 Å². The standard InChI is InChI=1S/C18H23N5O2S2/c1-3-23(4-2)16(25)12-6-5-7-14(10-12)19-15(24)11-26-18-22-21-17(27-18)20-13-8-9-13/h5-7,10,13H,3-4,8-9,11H2,1-2H3,(H,19,24)(H,20,21). The molecule has 0 spiro atoms. The molecular weight excluding hydrogens is 382 g/mol. The van der Waals surface area contributed by atoms with Crippen molar-refractivity contribution < 1.29 is 9.59 Å². The van der Waals surface area contributed by atoms with E-state index in [1.54, 1.807) is 29.2 Å². The van der Waals surface area contributed by atoms with Crippen molar-refractivity contribution in [2.24, 2.45) is 0 Å². The average molecular weight is 406 g/mol. The second kappa shape index (κ2) is 9.18.